The fourth-order valence-corrected chi connectivity index (χ4v) is 2.00. The molecule has 0 aliphatic carbocycles. The predicted molar refractivity (Wildman–Crippen MR) is 76.7 cm³/mol. The van der Waals surface area contributed by atoms with Crippen molar-refractivity contribution < 1.29 is 4.39 Å². The standard InChI is InChI=1S/C15H22FN3/c1-10(2)15(3,4)17-8-7-11-5-6-13(16)14-12(11)9-18-19-14/h5-6,9-10,17H,7-8H2,1-4H3,(H,18,19). The normalized spacial score (nSPS) is 12.5. The molecular weight excluding hydrogens is 241 g/mol. The Morgan fingerprint density at radius 2 is 2.11 bits per heavy atom. The Kier molecular flexibility index (Phi) is 3.90. The molecule has 104 valence electrons. The fourth-order valence-electron chi connectivity index (χ4n) is 2.00. The first kappa shape index (κ1) is 14.0. The van der Waals surface area contributed by atoms with Crippen molar-refractivity contribution in [1.82, 2.24) is 15.5 Å². The van der Waals surface area contributed by atoms with Gasteiger partial charge in [0.1, 0.15) is 11.3 Å². The van der Waals surface area contributed by atoms with E-state index in [9.17, 15) is 4.39 Å². The lowest BCUT2D eigenvalue weighted by atomic mass is 9.90. The van der Waals surface area contributed by atoms with Gasteiger partial charge in [-0.2, -0.15) is 5.10 Å². The van der Waals surface area contributed by atoms with Gasteiger partial charge in [0.15, 0.2) is 0 Å². The highest BCUT2D eigenvalue weighted by atomic mass is 19.1. The monoisotopic (exact) mass is 263 g/mol. The van der Waals surface area contributed by atoms with Gasteiger partial charge in [-0.05, 0) is 44.4 Å². The van der Waals surface area contributed by atoms with Crippen LogP contribution < -0.4 is 5.32 Å². The average Bonchev–Trinajstić information content (AvgIpc) is 2.82. The molecule has 0 saturated carbocycles. The lowest BCUT2D eigenvalue weighted by Gasteiger charge is -2.30. The van der Waals surface area contributed by atoms with Gasteiger partial charge in [-0.1, -0.05) is 19.9 Å². The maximum atomic E-state index is 13.5. The number of halogens is 1. The molecule has 0 aliphatic rings. The summed E-state index contributed by atoms with van der Waals surface area (Å²) in [6, 6.07) is 3.35. The number of benzene rings is 1. The summed E-state index contributed by atoms with van der Waals surface area (Å²) in [5.41, 5.74) is 1.73. The predicted octanol–water partition coefficient (Wildman–Crippen LogP) is 3.27. The Morgan fingerprint density at radius 3 is 2.79 bits per heavy atom. The summed E-state index contributed by atoms with van der Waals surface area (Å²) < 4.78 is 13.5. The van der Waals surface area contributed by atoms with Gasteiger partial charge in [0.05, 0.1) is 6.20 Å². The topological polar surface area (TPSA) is 40.7 Å². The minimum absolute atomic E-state index is 0.107. The quantitative estimate of drug-likeness (QED) is 0.869. The third-order valence-corrected chi connectivity index (χ3v) is 4.07. The number of H-pyrrole nitrogens is 1. The van der Waals surface area contributed by atoms with Crippen molar-refractivity contribution in [2.45, 2.75) is 39.7 Å². The minimum atomic E-state index is -0.244. The molecule has 0 bridgehead atoms. The zero-order valence-electron chi connectivity index (χ0n) is 12.0. The van der Waals surface area contributed by atoms with Gasteiger partial charge < -0.3 is 5.32 Å². The lowest BCUT2D eigenvalue weighted by molar-refractivity contribution is 0.290. The molecule has 1 heterocycles. The molecule has 0 spiro atoms. The summed E-state index contributed by atoms with van der Waals surface area (Å²) in [5.74, 6) is 0.321. The fraction of sp³-hybridized carbons (Fsp3) is 0.533. The Bertz CT molecular complexity index is 558. The first-order valence-corrected chi connectivity index (χ1v) is 6.77. The summed E-state index contributed by atoms with van der Waals surface area (Å²) in [4.78, 5) is 0. The average molecular weight is 263 g/mol. The van der Waals surface area contributed by atoms with Crippen LogP contribution in [0.2, 0.25) is 0 Å². The number of aromatic nitrogens is 2. The van der Waals surface area contributed by atoms with Gasteiger partial charge in [0.25, 0.3) is 0 Å². The van der Waals surface area contributed by atoms with Gasteiger partial charge in [-0.3, -0.25) is 5.10 Å². The Labute approximate surface area is 113 Å². The first-order chi connectivity index (χ1) is 8.92. The number of aromatic amines is 1. The van der Waals surface area contributed by atoms with E-state index in [0.717, 1.165) is 23.9 Å². The summed E-state index contributed by atoms with van der Waals surface area (Å²) in [6.45, 7) is 9.70. The van der Waals surface area contributed by atoms with E-state index < -0.39 is 0 Å². The van der Waals surface area contributed by atoms with Crippen molar-refractivity contribution in [3.8, 4) is 0 Å². The van der Waals surface area contributed by atoms with E-state index in [1.165, 1.54) is 6.07 Å². The number of rotatable bonds is 5. The molecule has 1 aromatic carbocycles. The van der Waals surface area contributed by atoms with Crippen LogP contribution in [0, 0.1) is 11.7 Å². The molecule has 1 aromatic heterocycles. The molecule has 0 atom stereocenters. The largest absolute Gasteiger partial charge is 0.311 e. The number of hydrogen-bond donors (Lipinski definition) is 2. The van der Waals surface area contributed by atoms with E-state index >= 15 is 0 Å². The van der Waals surface area contributed by atoms with Crippen molar-refractivity contribution in [3.05, 3.63) is 29.7 Å². The van der Waals surface area contributed by atoms with Crippen LogP contribution in [-0.2, 0) is 6.42 Å². The summed E-state index contributed by atoms with van der Waals surface area (Å²) in [6.07, 6.45) is 2.56. The van der Waals surface area contributed by atoms with Crippen LogP contribution >= 0.6 is 0 Å². The summed E-state index contributed by atoms with van der Waals surface area (Å²) in [5, 5.41) is 11.1. The smallest absolute Gasteiger partial charge is 0.148 e. The van der Waals surface area contributed by atoms with Gasteiger partial charge in [-0.15, -0.1) is 0 Å². The van der Waals surface area contributed by atoms with Crippen molar-refractivity contribution in [2.24, 2.45) is 5.92 Å². The molecular formula is C15H22FN3. The molecule has 0 saturated heterocycles. The molecule has 19 heavy (non-hydrogen) atoms. The van der Waals surface area contributed by atoms with Gasteiger partial charge in [-0.25, -0.2) is 4.39 Å². The highest BCUT2D eigenvalue weighted by Gasteiger charge is 2.20. The second-order valence-corrected chi connectivity index (χ2v) is 5.92. The van der Waals surface area contributed by atoms with E-state index in [4.69, 9.17) is 0 Å². The van der Waals surface area contributed by atoms with Crippen LogP contribution in [0.4, 0.5) is 4.39 Å². The third-order valence-electron chi connectivity index (χ3n) is 4.07. The van der Waals surface area contributed by atoms with Crippen LogP contribution in [-0.4, -0.2) is 22.3 Å². The van der Waals surface area contributed by atoms with E-state index in [-0.39, 0.29) is 11.4 Å². The second-order valence-electron chi connectivity index (χ2n) is 5.92. The second kappa shape index (κ2) is 5.29. The van der Waals surface area contributed by atoms with Gasteiger partial charge in [0, 0.05) is 10.9 Å². The molecule has 2 N–H and O–H groups in total. The van der Waals surface area contributed by atoms with Crippen molar-refractivity contribution in [3.63, 3.8) is 0 Å². The molecule has 3 nitrogen and oxygen atoms in total. The van der Waals surface area contributed by atoms with E-state index in [2.05, 4.69) is 43.2 Å². The summed E-state index contributed by atoms with van der Waals surface area (Å²) >= 11 is 0. The van der Waals surface area contributed by atoms with Gasteiger partial charge >= 0.3 is 0 Å². The van der Waals surface area contributed by atoms with Crippen molar-refractivity contribution in [1.29, 1.82) is 0 Å². The van der Waals surface area contributed by atoms with E-state index in [1.54, 1.807) is 6.20 Å². The van der Waals surface area contributed by atoms with Crippen LogP contribution in [0.15, 0.2) is 18.3 Å². The van der Waals surface area contributed by atoms with Crippen LogP contribution in [0.1, 0.15) is 33.3 Å². The minimum Gasteiger partial charge on any atom is -0.311 e. The molecule has 2 rings (SSSR count). The van der Waals surface area contributed by atoms with Gasteiger partial charge in [0.2, 0.25) is 0 Å². The molecule has 2 aromatic rings. The molecule has 0 radical (unpaired) electrons. The Hall–Kier alpha value is -1.42. The molecule has 0 fully saturated rings. The van der Waals surface area contributed by atoms with E-state index in [1.807, 2.05) is 6.07 Å². The Balaban J connectivity index is 2.07. The zero-order chi connectivity index (χ0) is 14.0. The first-order valence-electron chi connectivity index (χ1n) is 6.77. The molecule has 0 amide bonds. The lowest BCUT2D eigenvalue weighted by Crippen LogP contribution is -2.44. The molecule has 0 aliphatic heterocycles. The third kappa shape index (κ3) is 2.95. The van der Waals surface area contributed by atoms with Crippen LogP contribution in [0.3, 0.4) is 0 Å². The zero-order valence-corrected chi connectivity index (χ0v) is 12.0. The van der Waals surface area contributed by atoms with E-state index in [0.29, 0.717) is 11.4 Å². The maximum absolute atomic E-state index is 13.5. The molecule has 4 heteroatoms. The number of nitrogens with one attached hydrogen (secondary N) is 2. The van der Waals surface area contributed by atoms with Crippen molar-refractivity contribution >= 4 is 10.9 Å². The highest BCUT2D eigenvalue weighted by molar-refractivity contribution is 5.82. The molecule has 0 unspecified atom stereocenters. The van der Waals surface area contributed by atoms with Crippen molar-refractivity contribution in [2.75, 3.05) is 6.54 Å². The number of fused-ring (bicyclic) bond motifs is 1. The van der Waals surface area contributed by atoms with Crippen LogP contribution in [0.25, 0.3) is 10.9 Å². The highest BCUT2D eigenvalue weighted by Crippen LogP contribution is 2.20. The number of nitrogens with zero attached hydrogens (tertiary/aromatic N) is 1. The SMILES string of the molecule is CC(C)C(C)(C)NCCc1ccc(F)c2[nH]ncc12. The van der Waals surface area contributed by atoms with Crippen LogP contribution in [0.5, 0.6) is 0 Å². The number of hydrogen-bond acceptors (Lipinski definition) is 2. The maximum Gasteiger partial charge on any atom is 0.148 e. The Morgan fingerprint density at radius 1 is 1.37 bits per heavy atom. The summed E-state index contributed by atoms with van der Waals surface area (Å²) in [7, 11) is 0.